The molecule has 0 fully saturated rings. The Bertz CT molecular complexity index is 350. The molecule has 1 atom stereocenters. The van der Waals surface area contributed by atoms with Gasteiger partial charge in [-0.3, -0.25) is 4.79 Å². The zero-order chi connectivity index (χ0) is 12.0. The lowest BCUT2D eigenvalue weighted by Crippen LogP contribution is -2.35. The number of rotatable bonds is 5. The van der Waals surface area contributed by atoms with Gasteiger partial charge in [-0.2, -0.15) is 0 Å². The third kappa shape index (κ3) is 3.66. The summed E-state index contributed by atoms with van der Waals surface area (Å²) in [7, 11) is 0. The van der Waals surface area contributed by atoms with Crippen LogP contribution >= 0.6 is 0 Å². The Morgan fingerprint density at radius 2 is 2.25 bits per heavy atom. The van der Waals surface area contributed by atoms with Crippen LogP contribution in [0.25, 0.3) is 0 Å². The van der Waals surface area contributed by atoms with E-state index in [0.29, 0.717) is 6.54 Å². The molecule has 0 bridgehead atoms. The number of amides is 1. The van der Waals surface area contributed by atoms with E-state index in [1.165, 1.54) is 0 Å². The Morgan fingerprint density at radius 1 is 1.50 bits per heavy atom. The number of nitrogens with two attached hydrogens (primary N) is 1. The molecule has 0 aliphatic heterocycles. The summed E-state index contributed by atoms with van der Waals surface area (Å²) in [6.07, 6.45) is 1.74. The minimum atomic E-state index is -0.0102. The molecule has 0 aliphatic rings. The molecule has 0 radical (unpaired) electrons. The third-order valence-corrected chi connectivity index (χ3v) is 2.62. The van der Waals surface area contributed by atoms with Gasteiger partial charge in [-0.15, -0.1) is 0 Å². The highest BCUT2D eigenvalue weighted by atomic mass is 16.1. The molecule has 3 nitrogen and oxygen atoms in total. The summed E-state index contributed by atoms with van der Waals surface area (Å²) in [6, 6.07) is 7.78. The standard InChI is InChI=1S/C13H20N2O/c1-3-12(7-8-14)15-13(16)11-6-4-5-10(2)9-11/h4-6,9,12H,3,7-8,14H2,1-2H3,(H,15,16). The van der Waals surface area contributed by atoms with Crippen LogP contribution in [0.2, 0.25) is 0 Å². The van der Waals surface area contributed by atoms with E-state index in [1.54, 1.807) is 0 Å². The van der Waals surface area contributed by atoms with Gasteiger partial charge < -0.3 is 11.1 Å². The van der Waals surface area contributed by atoms with Gasteiger partial charge in [-0.1, -0.05) is 24.6 Å². The fourth-order valence-electron chi connectivity index (χ4n) is 1.63. The molecule has 16 heavy (non-hydrogen) atoms. The number of carbonyl (C=O) groups is 1. The monoisotopic (exact) mass is 220 g/mol. The molecule has 88 valence electrons. The van der Waals surface area contributed by atoms with Crippen molar-refractivity contribution in [2.75, 3.05) is 6.54 Å². The van der Waals surface area contributed by atoms with Crippen molar-refractivity contribution < 1.29 is 4.79 Å². The lowest BCUT2D eigenvalue weighted by molar-refractivity contribution is 0.0934. The molecular weight excluding hydrogens is 200 g/mol. The largest absolute Gasteiger partial charge is 0.349 e. The lowest BCUT2D eigenvalue weighted by Gasteiger charge is -2.16. The summed E-state index contributed by atoms with van der Waals surface area (Å²) in [5, 5.41) is 2.99. The maximum Gasteiger partial charge on any atom is 0.251 e. The molecule has 1 unspecified atom stereocenters. The molecule has 1 aromatic carbocycles. The number of aryl methyl sites for hydroxylation is 1. The number of hydrogen-bond donors (Lipinski definition) is 2. The molecule has 3 N–H and O–H groups in total. The van der Waals surface area contributed by atoms with Gasteiger partial charge in [0.1, 0.15) is 0 Å². The average Bonchev–Trinajstić information content (AvgIpc) is 2.28. The first kappa shape index (κ1) is 12.7. The van der Waals surface area contributed by atoms with Gasteiger partial charge in [0, 0.05) is 11.6 Å². The van der Waals surface area contributed by atoms with E-state index < -0.39 is 0 Å². The molecule has 1 amide bonds. The lowest BCUT2D eigenvalue weighted by atomic mass is 10.1. The van der Waals surface area contributed by atoms with Crippen molar-refractivity contribution in [2.24, 2.45) is 5.73 Å². The van der Waals surface area contributed by atoms with Gasteiger partial charge in [0.05, 0.1) is 0 Å². The molecule has 0 saturated heterocycles. The zero-order valence-electron chi connectivity index (χ0n) is 9.99. The smallest absolute Gasteiger partial charge is 0.251 e. The first-order valence-electron chi connectivity index (χ1n) is 5.75. The Kier molecular flexibility index (Phi) is 4.99. The molecule has 1 rings (SSSR count). The Morgan fingerprint density at radius 3 is 2.81 bits per heavy atom. The normalized spacial score (nSPS) is 12.2. The van der Waals surface area contributed by atoms with Crippen molar-refractivity contribution in [1.29, 1.82) is 0 Å². The number of hydrogen-bond acceptors (Lipinski definition) is 2. The van der Waals surface area contributed by atoms with Crippen LogP contribution in [0.3, 0.4) is 0 Å². The number of carbonyl (C=O) groups excluding carboxylic acids is 1. The minimum Gasteiger partial charge on any atom is -0.349 e. The first-order valence-corrected chi connectivity index (χ1v) is 5.75. The second-order valence-corrected chi connectivity index (χ2v) is 4.03. The fourth-order valence-corrected chi connectivity index (χ4v) is 1.63. The molecule has 0 heterocycles. The molecule has 0 aliphatic carbocycles. The second-order valence-electron chi connectivity index (χ2n) is 4.03. The fraction of sp³-hybridized carbons (Fsp3) is 0.462. The van der Waals surface area contributed by atoms with Gasteiger partial charge in [0.25, 0.3) is 5.91 Å². The highest BCUT2D eigenvalue weighted by Gasteiger charge is 2.11. The molecule has 3 heteroatoms. The Balaban J connectivity index is 2.64. The van der Waals surface area contributed by atoms with E-state index in [9.17, 15) is 4.79 Å². The minimum absolute atomic E-state index is 0.0102. The van der Waals surface area contributed by atoms with Gasteiger partial charge in [0.15, 0.2) is 0 Å². The Labute approximate surface area is 97.0 Å². The summed E-state index contributed by atoms with van der Waals surface area (Å²) < 4.78 is 0. The predicted molar refractivity (Wildman–Crippen MR) is 66.4 cm³/mol. The zero-order valence-corrected chi connectivity index (χ0v) is 9.99. The van der Waals surface area contributed by atoms with E-state index >= 15 is 0 Å². The van der Waals surface area contributed by atoms with Crippen molar-refractivity contribution in [1.82, 2.24) is 5.32 Å². The van der Waals surface area contributed by atoms with Crippen LogP contribution in [0.15, 0.2) is 24.3 Å². The summed E-state index contributed by atoms with van der Waals surface area (Å²) in [4.78, 5) is 11.9. The van der Waals surface area contributed by atoms with Crippen molar-refractivity contribution in [3.63, 3.8) is 0 Å². The van der Waals surface area contributed by atoms with Crippen molar-refractivity contribution in [2.45, 2.75) is 32.7 Å². The molecule has 0 aromatic heterocycles. The van der Waals surface area contributed by atoms with Crippen LogP contribution in [-0.2, 0) is 0 Å². The van der Waals surface area contributed by atoms with E-state index in [-0.39, 0.29) is 11.9 Å². The second kappa shape index (κ2) is 6.28. The van der Waals surface area contributed by atoms with Gasteiger partial charge >= 0.3 is 0 Å². The Hall–Kier alpha value is -1.35. The maximum absolute atomic E-state index is 11.9. The average molecular weight is 220 g/mol. The van der Waals surface area contributed by atoms with Crippen LogP contribution in [0.1, 0.15) is 35.7 Å². The van der Waals surface area contributed by atoms with E-state index in [2.05, 4.69) is 12.2 Å². The predicted octanol–water partition coefficient (Wildman–Crippen LogP) is 1.85. The summed E-state index contributed by atoms with van der Waals surface area (Å²) in [6.45, 7) is 4.64. The maximum atomic E-state index is 11.9. The molecular formula is C13H20N2O. The van der Waals surface area contributed by atoms with Crippen LogP contribution in [0.5, 0.6) is 0 Å². The third-order valence-electron chi connectivity index (χ3n) is 2.62. The highest BCUT2D eigenvalue weighted by molar-refractivity contribution is 5.94. The van der Waals surface area contributed by atoms with Crippen molar-refractivity contribution in [3.8, 4) is 0 Å². The highest BCUT2D eigenvalue weighted by Crippen LogP contribution is 2.05. The summed E-state index contributed by atoms with van der Waals surface area (Å²) in [5.41, 5.74) is 7.31. The molecule has 0 saturated carbocycles. The van der Waals surface area contributed by atoms with E-state index in [0.717, 1.165) is 24.0 Å². The van der Waals surface area contributed by atoms with Gasteiger partial charge in [-0.05, 0) is 38.4 Å². The van der Waals surface area contributed by atoms with E-state index in [4.69, 9.17) is 5.73 Å². The number of nitrogens with one attached hydrogen (secondary N) is 1. The quantitative estimate of drug-likeness (QED) is 0.795. The number of benzene rings is 1. The van der Waals surface area contributed by atoms with Crippen LogP contribution in [-0.4, -0.2) is 18.5 Å². The van der Waals surface area contributed by atoms with Crippen LogP contribution in [0, 0.1) is 6.92 Å². The van der Waals surface area contributed by atoms with Gasteiger partial charge in [-0.25, -0.2) is 0 Å². The first-order chi connectivity index (χ1) is 7.67. The van der Waals surface area contributed by atoms with Gasteiger partial charge in [0.2, 0.25) is 0 Å². The molecule has 1 aromatic rings. The van der Waals surface area contributed by atoms with Crippen LogP contribution in [0.4, 0.5) is 0 Å². The van der Waals surface area contributed by atoms with E-state index in [1.807, 2.05) is 31.2 Å². The van der Waals surface area contributed by atoms with Crippen LogP contribution < -0.4 is 11.1 Å². The molecule has 0 spiro atoms. The van der Waals surface area contributed by atoms with Crippen molar-refractivity contribution in [3.05, 3.63) is 35.4 Å². The van der Waals surface area contributed by atoms with Crippen molar-refractivity contribution >= 4 is 5.91 Å². The SMILES string of the molecule is CCC(CCN)NC(=O)c1cccc(C)c1. The summed E-state index contributed by atoms with van der Waals surface area (Å²) in [5.74, 6) is -0.0102. The topological polar surface area (TPSA) is 55.1 Å². The summed E-state index contributed by atoms with van der Waals surface area (Å²) >= 11 is 0.